The van der Waals surface area contributed by atoms with Gasteiger partial charge >= 0.3 is 17.9 Å². The molecule has 69 heavy (non-hydrogen) atoms. The van der Waals surface area contributed by atoms with Crippen LogP contribution >= 0.6 is 10.7 Å². The van der Waals surface area contributed by atoms with E-state index in [-0.39, 0.29) is 34.3 Å². The number of aromatic carboxylic acids is 1. The molecule has 0 amide bonds. The molecule has 0 saturated heterocycles. The first-order valence-electron chi connectivity index (χ1n) is 24.5. The van der Waals surface area contributed by atoms with Crippen LogP contribution in [0.5, 0.6) is 0 Å². The van der Waals surface area contributed by atoms with E-state index < -0.39 is 46.6 Å². The van der Waals surface area contributed by atoms with E-state index in [1.54, 1.807) is 66.7 Å². The van der Waals surface area contributed by atoms with Gasteiger partial charge in [-0.15, -0.1) is 0 Å². The van der Waals surface area contributed by atoms with Gasteiger partial charge < -0.3 is 20.3 Å². The molecule has 0 heterocycles. The van der Waals surface area contributed by atoms with Gasteiger partial charge in [0.15, 0.2) is 19.7 Å². The molecular formula is C52H82ClNO12S3. The second kappa shape index (κ2) is 38.7. The Hall–Kier alpha value is -3.99. The molecule has 0 atom stereocenters. The minimum atomic E-state index is -3.25. The van der Waals surface area contributed by atoms with Crippen molar-refractivity contribution in [2.45, 2.75) is 167 Å². The van der Waals surface area contributed by atoms with E-state index in [1.165, 1.54) is 90.9 Å². The normalized spacial score (nSPS) is 11.2. The third-order valence-electron chi connectivity index (χ3n) is 10.9. The van der Waals surface area contributed by atoms with Crippen molar-refractivity contribution in [1.29, 1.82) is 0 Å². The van der Waals surface area contributed by atoms with Crippen LogP contribution in [0.3, 0.4) is 0 Å². The van der Waals surface area contributed by atoms with Crippen LogP contribution in [0.15, 0.2) is 72.8 Å². The summed E-state index contributed by atoms with van der Waals surface area (Å²) < 4.78 is 79.0. The van der Waals surface area contributed by atoms with E-state index in [2.05, 4.69) is 25.5 Å². The molecule has 0 spiro atoms. The first-order valence-corrected chi connectivity index (χ1v) is 30.6. The van der Waals surface area contributed by atoms with Crippen LogP contribution in [0.2, 0.25) is 0 Å². The molecule has 3 N–H and O–H groups in total. The number of unbranched alkanes of at least 4 members (excludes halogenated alkanes) is 18. The molecule has 392 valence electrons. The molecule has 0 aliphatic rings. The summed E-state index contributed by atoms with van der Waals surface area (Å²) in [6, 6.07) is 19.8. The lowest BCUT2D eigenvalue weighted by Gasteiger charge is -2.09. The SMILES string of the molecule is CCCCCCCCCS(=O)(=O)Cc1ccccc1C(=O)O.CCCCCCCCCS(=O)(=O)Cc1ccccc1C(=O)OC.CCCCCCCCCS(=O)(=O)Cl.COC(=O)c1ccccc1N. The number of carbonyl (C=O) groups excluding carboxylic acids is 2. The number of hydrogen-bond donors (Lipinski definition) is 2. The lowest BCUT2D eigenvalue weighted by atomic mass is 10.1. The number of methoxy groups -OCH3 is 2. The van der Waals surface area contributed by atoms with E-state index in [4.69, 9.17) is 26.3 Å². The Balaban J connectivity index is 0.000000933. The van der Waals surface area contributed by atoms with Gasteiger partial charge in [0.05, 0.1) is 59.7 Å². The second-order valence-corrected chi connectivity index (χ2v) is 24.2. The number of ether oxygens (including phenoxy) is 2. The minimum Gasteiger partial charge on any atom is -0.478 e. The highest BCUT2D eigenvalue weighted by molar-refractivity contribution is 8.13. The summed E-state index contributed by atoms with van der Waals surface area (Å²) in [7, 11) is -2.01. The molecule has 17 heteroatoms. The quantitative estimate of drug-likeness (QED) is 0.0265. The monoisotopic (exact) mass is 1040 g/mol. The number of hydrogen-bond acceptors (Lipinski definition) is 12. The summed E-state index contributed by atoms with van der Waals surface area (Å²) >= 11 is 0. The average Bonchev–Trinajstić information content (AvgIpc) is 3.30. The van der Waals surface area contributed by atoms with E-state index >= 15 is 0 Å². The molecule has 3 rings (SSSR count). The van der Waals surface area contributed by atoms with Crippen LogP contribution in [0.25, 0.3) is 0 Å². The fourth-order valence-electron chi connectivity index (χ4n) is 7.01. The van der Waals surface area contributed by atoms with Crippen LogP contribution in [-0.4, -0.2) is 79.7 Å². The zero-order chi connectivity index (χ0) is 52.0. The third-order valence-corrected chi connectivity index (χ3v) is 15.5. The molecule has 0 aliphatic carbocycles. The Kier molecular flexibility index (Phi) is 36.5. The van der Waals surface area contributed by atoms with Crippen LogP contribution < -0.4 is 5.73 Å². The molecule has 0 fully saturated rings. The average molecular weight is 1040 g/mol. The summed E-state index contributed by atoms with van der Waals surface area (Å²) in [6.07, 6.45) is 22.9. The standard InChI is InChI=1S/C18H28O4S.C17H26O4S.C9H19ClO2S.C8H9NO2/c1-3-4-5-6-7-8-11-14-23(20,21)15-16-12-9-10-13-17(16)18(19)22-2;1-2-3-4-5-6-7-10-13-22(20,21)14-15-11-8-9-12-16(15)17(18)19;1-2-3-4-5-6-7-8-9-13(10,11)12;1-11-8(10)6-4-2-3-5-7(6)9/h9-10,12-13H,3-8,11,14-15H2,1-2H3;8-9,11-12H,2-7,10,13-14H2,1H3,(H,18,19);2-9H2,1H3;2-5H,9H2,1H3. The summed E-state index contributed by atoms with van der Waals surface area (Å²) in [6.45, 7) is 6.53. The zero-order valence-electron chi connectivity index (χ0n) is 41.9. The first kappa shape index (κ1) is 65.0. The molecule has 3 aromatic carbocycles. The molecule has 3 aromatic rings. The number of carboxylic acid groups (broad SMARTS) is 1. The van der Waals surface area contributed by atoms with Crippen LogP contribution in [0, 0.1) is 0 Å². The smallest absolute Gasteiger partial charge is 0.339 e. The van der Waals surface area contributed by atoms with Gasteiger partial charge in [-0.1, -0.05) is 185 Å². The maximum absolute atomic E-state index is 12.2. The van der Waals surface area contributed by atoms with Gasteiger partial charge in [0, 0.05) is 16.4 Å². The summed E-state index contributed by atoms with van der Waals surface area (Å²) in [5.41, 5.74) is 7.65. The molecule has 0 aromatic heterocycles. The number of nitrogen functional groups attached to an aromatic ring is 1. The molecule has 0 unspecified atom stereocenters. The highest BCUT2D eigenvalue weighted by Gasteiger charge is 2.19. The Morgan fingerprint density at radius 2 is 0.768 bits per heavy atom. The number of para-hydroxylation sites is 1. The summed E-state index contributed by atoms with van der Waals surface area (Å²) in [5.74, 6) is -1.83. The van der Waals surface area contributed by atoms with Crippen molar-refractivity contribution in [2.24, 2.45) is 0 Å². The van der Waals surface area contributed by atoms with Crippen molar-refractivity contribution in [1.82, 2.24) is 0 Å². The number of rotatable bonds is 31. The maximum atomic E-state index is 12.2. The Bertz CT molecular complexity index is 2220. The topological polar surface area (TPSA) is 218 Å². The molecular weight excluding hydrogens is 962 g/mol. The van der Waals surface area contributed by atoms with Gasteiger partial charge in [-0.25, -0.2) is 39.6 Å². The number of benzene rings is 3. The summed E-state index contributed by atoms with van der Waals surface area (Å²) in [5, 5.41) is 9.08. The lowest BCUT2D eigenvalue weighted by Crippen LogP contribution is -2.13. The molecule has 0 saturated carbocycles. The number of nitrogens with two attached hydrogens (primary N) is 1. The number of carboxylic acids is 1. The fraction of sp³-hybridized carbons (Fsp3) is 0.596. The summed E-state index contributed by atoms with van der Waals surface area (Å²) in [4.78, 5) is 33.7. The van der Waals surface area contributed by atoms with Crippen molar-refractivity contribution in [2.75, 3.05) is 37.2 Å². The van der Waals surface area contributed by atoms with Crippen LogP contribution in [0.1, 0.15) is 198 Å². The Labute approximate surface area is 420 Å². The predicted octanol–water partition coefficient (Wildman–Crippen LogP) is 12.5. The number of esters is 2. The fourth-order valence-corrected chi connectivity index (χ4v) is 10.9. The van der Waals surface area contributed by atoms with E-state index in [9.17, 15) is 39.6 Å². The van der Waals surface area contributed by atoms with Gasteiger partial charge in [0.1, 0.15) is 0 Å². The zero-order valence-corrected chi connectivity index (χ0v) is 45.1. The van der Waals surface area contributed by atoms with Crippen molar-refractivity contribution < 1.29 is 54.2 Å². The number of anilines is 1. The molecule has 0 radical (unpaired) electrons. The second-order valence-electron chi connectivity index (χ2n) is 17.0. The molecule has 13 nitrogen and oxygen atoms in total. The highest BCUT2D eigenvalue weighted by atomic mass is 35.7. The van der Waals surface area contributed by atoms with Gasteiger partial charge in [-0.2, -0.15) is 0 Å². The third kappa shape index (κ3) is 34.1. The number of halogens is 1. The van der Waals surface area contributed by atoms with Crippen LogP contribution in [-0.2, 0) is 49.7 Å². The largest absolute Gasteiger partial charge is 0.478 e. The molecule has 0 bridgehead atoms. The van der Waals surface area contributed by atoms with Crippen molar-refractivity contribution in [3.8, 4) is 0 Å². The lowest BCUT2D eigenvalue weighted by molar-refractivity contribution is 0.0592. The number of sulfone groups is 2. The Morgan fingerprint density at radius 1 is 0.464 bits per heavy atom. The van der Waals surface area contributed by atoms with Gasteiger partial charge in [0.25, 0.3) is 0 Å². The maximum Gasteiger partial charge on any atom is 0.339 e. The van der Waals surface area contributed by atoms with E-state index in [1.807, 2.05) is 0 Å². The molecule has 0 aliphatic heterocycles. The van der Waals surface area contributed by atoms with E-state index in [0.29, 0.717) is 47.2 Å². The van der Waals surface area contributed by atoms with Crippen molar-refractivity contribution in [3.05, 3.63) is 101 Å². The van der Waals surface area contributed by atoms with Gasteiger partial charge in [0.2, 0.25) is 9.05 Å². The first-order chi connectivity index (χ1) is 32.8. The van der Waals surface area contributed by atoms with Crippen LogP contribution in [0.4, 0.5) is 5.69 Å². The highest BCUT2D eigenvalue weighted by Crippen LogP contribution is 2.18. The van der Waals surface area contributed by atoms with Crippen molar-refractivity contribution >= 4 is 63.0 Å². The van der Waals surface area contributed by atoms with E-state index in [0.717, 1.165) is 44.9 Å². The minimum absolute atomic E-state index is 0.0747. The van der Waals surface area contributed by atoms with Crippen molar-refractivity contribution in [3.63, 3.8) is 0 Å². The predicted molar refractivity (Wildman–Crippen MR) is 282 cm³/mol. The van der Waals surface area contributed by atoms with Gasteiger partial charge in [-0.3, -0.25) is 0 Å². The number of carbonyl (C=O) groups is 3. The van der Waals surface area contributed by atoms with Gasteiger partial charge in [-0.05, 0) is 54.7 Å². The Morgan fingerprint density at radius 3 is 1.13 bits per heavy atom.